The van der Waals surface area contributed by atoms with Crippen molar-refractivity contribution in [3.8, 4) is 17.1 Å². The number of hydrogen-bond acceptors (Lipinski definition) is 5. The van der Waals surface area contributed by atoms with Gasteiger partial charge in [-0.2, -0.15) is 4.98 Å². The number of methoxy groups -OCH3 is 1. The van der Waals surface area contributed by atoms with E-state index in [0.29, 0.717) is 29.7 Å². The van der Waals surface area contributed by atoms with Gasteiger partial charge in [0.1, 0.15) is 11.8 Å². The predicted octanol–water partition coefficient (Wildman–Crippen LogP) is 4.81. The zero-order chi connectivity index (χ0) is 20.2. The van der Waals surface area contributed by atoms with E-state index in [9.17, 15) is 4.79 Å². The lowest BCUT2D eigenvalue weighted by molar-refractivity contribution is 0.142. The van der Waals surface area contributed by atoms with Crippen molar-refractivity contribution in [2.24, 2.45) is 0 Å². The number of urea groups is 1. The molecule has 7 nitrogen and oxygen atoms in total. The molecule has 29 heavy (non-hydrogen) atoms. The van der Waals surface area contributed by atoms with Gasteiger partial charge in [0.2, 0.25) is 11.7 Å². The SMILES string of the molecule is COc1ccccc1NC(=O)N1CCCCC1c1nc(-c2ccc(C)cc2)no1. The topological polar surface area (TPSA) is 80.5 Å². The van der Waals surface area contributed by atoms with Crippen molar-refractivity contribution in [3.05, 3.63) is 60.0 Å². The van der Waals surface area contributed by atoms with Crippen LogP contribution < -0.4 is 10.1 Å². The molecule has 7 heteroatoms. The Morgan fingerprint density at radius 2 is 1.97 bits per heavy atom. The number of nitrogens with one attached hydrogen (secondary N) is 1. The van der Waals surface area contributed by atoms with Gasteiger partial charge in [0.05, 0.1) is 12.8 Å². The maximum absolute atomic E-state index is 13.0. The number of benzene rings is 2. The average molecular weight is 392 g/mol. The van der Waals surface area contributed by atoms with E-state index in [0.717, 1.165) is 24.8 Å². The number of aromatic nitrogens is 2. The number of carbonyl (C=O) groups is 1. The van der Waals surface area contributed by atoms with Gasteiger partial charge in [-0.05, 0) is 38.3 Å². The Balaban J connectivity index is 1.54. The summed E-state index contributed by atoms with van der Waals surface area (Å²) in [6.07, 6.45) is 2.73. The van der Waals surface area contributed by atoms with Gasteiger partial charge in [-0.3, -0.25) is 0 Å². The molecule has 0 bridgehead atoms. The number of rotatable bonds is 4. The fourth-order valence-electron chi connectivity index (χ4n) is 3.56. The number of para-hydroxylation sites is 2. The first-order valence-corrected chi connectivity index (χ1v) is 9.77. The Labute approximate surface area is 169 Å². The molecule has 3 aromatic rings. The molecule has 0 spiro atoms. The summed E-state index contributed by atoms with van der Waals surface area (Å²) in [4.78, 5) is 19.4. The second-order valence-corrected chi connectivity index (χ2v) is 7.16. The van der Waals surface area contributed by atoms with Crippen LogP contribution in [0.1, 0.15) is 36.8 Å². The summed E-state index contributed by atoms with van der Waals surface area (Å²) in [6.45, 7) is 2.67. The van der Waals surface area contributed by atoms with Crippen LogP contribution in [0.4, 0.5) is 10.5 Å². The molecule has 1 fully saturated rings. The molecule has 2 aromatic carbocycles. The van der Waals surface area contributed by atoms with Crippen molar-refractivity contribution in [1.29, 1.82) is 0 Å². The number of hydrogen-bond donors (Lipinski definition) is 1. The molecule has 2 amide bonds. The molecule has 0 radical (unpaired) electrons. The molecule has 1 aliphatic heterocycles. The number of anilines is 1. The van der Waals surface area contributed by atoms with Crippen LogP contribution in [0.25, 0.3) is 11.4 Å². The van der Waals surface area contributed by atoms with Gasteiger partial charge < -0.3 is 19.5 Å². The van der Waals surface area contributed by atoms with E-state index in [4.69, 9.17) is 9.26 Å². The molecule has 4 rings (SSSR count). The Hall–Kier alpha value is -3.35. The molecule has 1 unspecified atom stereocenters. The van der Waals surface area contributed by atoms with E-state index < -0.39 is 0 Å². The van der Waals surface area contributed by atoms with Crippen LogP contribution in [0.5, 0.6) is 5.75 Å². The predicted molar refractivity (Wildman–Crippen MR) is 110 cm³/mol. The zero-order valence-corrected chi connectivity index (χ0v) is 16.6. The summed E-state index contributed by atoms with van der Waals surface area (Å²) in [5.41, 5.74) is 2.70. The molecular weight excluding hydrogens is 368 g/mol. The van der Waals surface area contributed by atoms with Gasteiger partial charge in [0, 0.05) is 12.1 Å². The fourth-order valence-corrected chi connectivity index (χ4v) is 3.56. The highest BCUT2D eigenvalue weighted by atomic mass is 16.5. The van der Waals surface area contributed by atoms with Crippen molar-refractivity contribution in [2.75, 3.05) is 19.0 Å². The van der Waals surface area contributed by atoms with E-state index >= 15 is 0 Å². The normalized spacial score (nSPS) is 16.5. The molecule has 150 valence electrons. The molecule has 0 saturated carbocycles. The summed E-state index contributed by atoms with van der Waals surface area (Å²) in [5.74, 6) is 1.62. The van der Waals surface area contributed by atoms with Gasteiger partial charge in [-0.1, -0.05) is 47.1 Å². The quantitative estimate of drug-likeness (QED) is 0.689. The number of ether oxygens (including phenoxy) is 1. The molecule has 1 saturated heterocycles. The molecule has 0 aliphatic carbocycles. The largest absolute Gasteiger partial charge is 0.495 e. The maximum atomic E-state index is 13.0. The highest BCUT2D eigenvalue weighted by molar-refractivity contribution is 5.91. The molecule has 1 N–H and O–H groups in total. The fraction of sp³-hybridized carbons (Fsp3) is 0.318. The van der Waals surface area contributed by atoms with Crippen LogP contribution in [0.15, 0.2) is 53.1 Å². The van der Waals surface area contributed by atoms with Crippen molar-refractivity contribution in [3.63, 3.8) is 0 Å². The lowest BCUT2D eigenvalue weighted by Crippen LogP contribution is -2.41. The first kappa shape index (κ1) is 19.0. The van der Waals surface area contributed by atoms with Crippen LogP contribution in [-0.4, -0.2) is 34.7 Å². The summed E-state index contributed by atoms with van der Waals surface area (Å²) in [6, 6.07) is 14.9. The minimum Gasteiger partial charge on any atom is -0.495 e. The lowest BCUT2D eigenvalue weighted by atomic mass is 10.0. The van der Waals surface area contributed by atoms with Crippen LogP contribution in [0, 0.1) is 6.92 Å². The average Bonchev–Trinajstić information content (AvgIpc) is 3.25. The first-order chi connectivity index (χ1) is 14.2. The standard InChI is InChI=1S/C22H24N4O3/c1-15-10-12-16(13-11-15)20-24-21(29-25-20)18-8-5-6-14-26(18)22(27)23-17-7-3-4-9-19(17)28-2/h3-4,7,9-13,18H,5-6,8,14H2,1-2H3,(H,23,27). The smallest absolute Gasteiger partial charge is 0.322 e. The van der Waals surface area contributed by atoms with Crippen molar-refractivity contribution >= 4 is 11.7 Å². The Kier molecular flexibility index (Phi) is 5.46. The highest BCUT2D eigenvalue weighted by Crippen LogP contribution is 2.32. The minimum absolute atomic E-state index is 0.200. The number of nitrogens with zero attached hydrogens (tertiary/aromatic N) is 3. The molecular formula is C22H24N4O3. The third kappa shape index (κ3) is 4.08. The van der Waals surface area contributed by atoms with E-state index in [1.807, 2.05) is 55.5 Å². The van der Waals surface area contributed by atoms with Gasteiger partial charge in [0.25, 0.3) is 0 Å². The van der Waals surface area contributed by atoms with Crippen LogP contribution in [-0.2, 0) is 0 Å². The Morgan fingerprint density at radius 1 is 1.17 bits per heavy atom. The van der Waals surface area contributed by atoms with Crippen molar-refractivity contribution < 1.29 is 14.1 Å². The molecule has 2 heterocycles. The zero-order valence-electron chi connectivity index (χ0n) is 16.6. The summed E-state index contributed by atoms with van der Waals surface area (Å²) in [5, 5.41) is 7.08. The Morgan fingerprint density at radius 3 is 2.76 bits per heavy atom. The minimum atomic E-state index is -0.245. The maximum Gasteiger partial charge on any atom is 0.322 e. The van der Waals surface area contributed by atoms with E-state index in [2.05, 4.69) is 15.5 Å². The third-order valence-electron chi connectivity index (χ3n) is 5.15. The second kappa shape index (κ2) is 8.34. The number of likely N-dealkylation sites (tertiary alicyclic amines) is 1. The van der Waals surface area contributed by atoms with Gasteiger partial charge >= 0.3 is 6.03 Å². The van der Waals surface area contributed by atoms with Crippen molar-refractivity contribution in [2.45, 2.75) is 32.2 Å². The molecule has 1 aliphatic rings. The van der Waals surface area contributed by atoms with E-state index in [-0.39, 0.29) is 12.1 Å². The number of amides is 2. The van der Waals surface area contributed by atoms with Crippen LogP contribution >= 0.6 is 0 Å². The third-order valence-corrected chi connectivity index (χ3v) is 5.15. The first-order valence-electron chi connectivity index (χ1n) is 9.77. The summed E-state index contributed by atoms with van der Waals surface area (Å²) < 4.78 is 10.9. The molecule has 1 atom stereocenters. The van der Waals surface area contributed by atoms with E-state index in [1.54, 1.807) is 12.0 Å². The number of carbonyl (C=O) groups excluding carboxylic acids is 1. The van der Waals surface area contributed by atoms with Crippen LogP contribution in [0.3, 0.4) is 0 Å². The lowest BCUT2D eigenvalue weighted by Gasteiger charge is -2.33. The van der Waals surface area contributed by atoms with Crippen LogP contribution in [0.2, 0.25) is 0 Å². The van der Waals surface area contributed by atoms with Gasteiger partial charge in [0.15, 0.2) is 0 Å². The van der Waals surface area contributed by atoms with Gasteiger partial charge in [-0.15, -0.1) is 0 Å². The summed E-state index contributed by atoms with van der Waals surface area (Å²) in [7, 11) is 1.58. The summed E-state index contributed by atoms with van der Waals surface area (Å²) >= 11 is 0. The van der Waals surface area contributed by atoms with Gasteiger partial charge in [-0.25, -0.2) is 4.79 Å². The number of aryl methyl sites for hydroxylation is 1. The number of piperidine rings is 1. The molecule has 1 aromatic heterocycles. The highest BCUT2D eigenvalue weighted by Gasteiger charge is 2.32. The van der Waals surface area contributed by atoms with Crippen molar-refractivity contribution in [1.82, 2.24) is 15.0 Å². The monoisotopic (exact) mass is 392 g/mol. The Bertz CT molecular complexity index is 984. The van der Waals surface area contributed by atoms with E-state index in [1.165, 1.54) is 5.56 Å². The second-order valence-electron chi connectivity index (χ2n) is 7.16.